The minimum Gasteiger partial charge on any atom is -0.337 e. The highest BCUT2D eigenvalue weighted by molar-refractivity contribution is 9.10. The van der Waals surface area contributed by atoms with E-state index in [4.69, 9.17) is 9.66 Å². The molecule has 0 aliphatic heterocycles. The quantitative estimate of drug-likeness (QED) is 0.611. The van der Waals surface area contributed by atoms with Crippen LogP contribution in [0.5, 0.6) is 0 Å². The molecule has 2 aromatic heterocycles. The Labute approximate surface area is 162 Å². The molecule has 136 valence electrons. The van der Waals surface area contributed by atoms with Crippen LogP contribution in [0.1, 0.15) is 11.3 Å². The molecule has 1 aromatic carbocycles. The van der Waals surface area contributed by atoms with Gasteiger partial charge in [0.2, 0.25) is 21.8 Å². The highest BCUT2D eigenvalue weighted by Crippen LogP contribution is 2.35. The van der Waals surface area contributed by atoms with Crippen molar-refractivity contribution in [2.75, 3.05) is 5.32 Å². The van der Waals surface area contributed by atoms with Crippen molar-refractivity contribution in [2.45, 2.75) is 18.2 Å². The van der Waals surface area contributed by atoms with E-state index >= 15 is 0 Å². The van der Waals surface area contributed by atoms with Crippen molar-refractivity contribution < 1.29 is 17.7 Å². The lowest BCUT2D eigenvalue weighted by Crippen LogP contribution is -2.15. The van der Waals surface area contributed by atoms with Gasteiger partial charge in [0.05, 0.1) is 17.0 Å². The lowest BCUT2D eigenvalue weighted by molar-refractivity contribution is -0.115. The van der Waals surface area contributed by atoms with E-state index in [2.05, 4.69) is 26.4 Å². The summed E-state index contributed by atoms with van der Waals surface area (Å²) in [7, 11) is -3.85. The van der Waals surface area contributed by atoms with Crippen molar-refractivity contribution in [1.82, 2.24) is 5.16 Å². The fourth-order valence-corrected chi connectivity index (χ4v) is 4.69. The second-order valence-electron chi connectivity index (χ2n) is 5.45. The van der Waals surface area contributed by atoms with E-state index < -0.39 is 10.0 Å². The van der Waals surface area contributed by atoms with Gasteiger partial charge in [-0.2, -0.15) is 0 Å². The van der Waals surface area contributed by atoms with Crippen LogP contribution in [0.4, 0.5) is 5.88 Å². The topological polar surface area (TPSA) is 115 Å². The Hall–Kier alpha value is -2.01. The fourth-order valence-electron chi connectivity index (χ4n) is 2.39. The van der Waals surface area contributed by atoms with Gasteiger partial charge in [-0.05, 0) is 45.4 Å². The molecular weight excluding hydrogens is 442 g/mol. The second kappa shape index (κ2) is 7.31. The lowest BCUT2D eigenvalue weighted by Gasteiger charge is -2.09. The minimum atomic E-state index is -3.85. The molecule has 10 heteroatoms. The Morgan fingerprint density at radius 3 is 2.73 bits per heavy atom. The number of halogens is 1. The van der Waals surface area contributed by atoms with Crippen LogP contribution in [-0.4, -0.2) is 19.5 Å². The van der Waals surface area contributed by atoms with Crippen LogP contribution in [-0.2, 0) is 21.2 Å². The second-order valence-corrected chi connectivity index (χ2v) is 8.69. The van der Waals surface area contributed by atoms with Gasteiger partial charge < -0.3 is 4.52 Å². The average molecular weight is 456 g/mol. The van der Waals surface area contributed by atoms with E-state index in [9.17, 15) is 13.2 Å². The van der Waals surface area contributed by atoms with Crippen molar-refractivity contribution in [1.29, 1.82) is 0 Å². The maximum absolute atomic E-state index is 12.4. The maximum Gasteiger partial charge on any atom is 0.245 e. The summed E-state index contributed by atoms with van der Waals surface area (Å²) in [4.78, 5) is 12.9. The molecule has 0 aliphatic carbocycles. The fraction of sp³-hybridized carbons (Fsp3) is 0.125. The molecule has 3 aromatic rings. The maximum atomic E-state index is 12.4. The summed E-state index contributed by atoms with van der Waals surface area (Å²) in [5.74, 6) is -0.0886. The third-order valence-corrected chi connectivity index (χ3v) is 6.56. The number of hydrogen-bond acceptors (Lipinski definition) is 6. The number of primary sulfonamides is 1. The molecular formula is C16H14BrN3O4S2. The summed E-state index contributed by atoms with van der Waals surface area (Å²) in [5, 5.41) is 13.3. The third-order valence-electron chi connectivity index (χ3n) is 3.59. The first-order chi connectivity index (χ1) is 12.3. The van der Waals surface area contributed by atoms with E-state index in [0.29, 0.717) is 26.2 Å². The Morgan fingerprint density at radius 1 is 1.35 bits per heavy atom. The molecule has 2 heterocycles. The highest BCUT2D eigenvalue weighted by atomic mass is 79.9. The first-order valence-electron chi connectivity index (χ1n) is 7.37. The number of carbonyl (C=O) groups excluding carboxylic acids is 1. The summed E-state index contributed by atoms with van der Waals surface area (Å²) in [6.45, 7) is 1.74. The zero-order valence-electron chi connectivity index (χ0n) is 13.5. The molecule has 26 heavy (non-hydrogen) atoms. The molecule has 0 atom stereocenters. The van der Waals surface area contributed by atoms with Crippen LogP contribution in [0.25, 0.3) is 10.4 Å². The van der Waals surface area contributed by atoms with Gasteiger partial charge in [-0.1, -0.05) is 29.4 Å². The number of sulfonamides is 1. The molecule has 3 N–H and O–H groups in total. The number of nitrogens with two attached hydrogens (primary N) is 1. The van der Waals surface area contributed by atoms with Crippen LogP contribution in [0.3, 0.4) is 0 Å². The first-order valence-corrected chi connectivity index (χ1v) is 10.6. The van der Waals surface area contributed by atoms with Crippen molar-refractivity contribution in [3.05, 3.63) is 51.4 Å². The van der Waals surface area contributed by atoms with E-state index in [0.717, 1.165) is 0 Å². The Bertz CT molecular complexity index is 1070. The van der Waals surface area contributed by atoms with Crippen molar-refractivity contribution in [2.24, 2.45) is 5.14 Å². The zero-order valence-corrected chi connectivity index (χ0v) is 16.7. The number of aryl methyl sites for hydroxylation is 1. The van der Waals surface area contributed by atoms with Crippen LogP contribution in [0.15, 0.2) is 49.6 Å². The molecule has 1 amide bonds. The molecule has 0 spiro atoms. The molecule has 0 bridgehead atoms. The number of benzene rings is 1. The number of carbonyl (C=O) groups is 1. The van der Waals surface area contributed by atoms with E-state index in [1.807, 2.05) is 0 Å². The Kier molecular flexibility index (Phi) is 5.28. The Balaban J connectivity index is 1.90. The molecule has 0 fully saturated rings. The van der Waals surface area contributed by atoms with E-state index in [1.54, 1.807) is 36.6 Å². The monoisotopic (exact) mass is 455 g/mol. The largest absolute Gasteiger partial charge is 0.337 e. The Morgan fingerprint density at radius 2 is 2.08 bits per heavy atom. The van der Waals surface area contributed by atoms with Crippen molar-refractivity contribution >= 4 is 49.1 Å². The highest BCUT2D eigenvalue weighted by Gasteiger charge is 2.20. The molecule has 0 saturated carbocycles. The predicted molar refractivity (Wildman–Crippen MR) is 102 cm³/mol. The predicted octanol–water partition coefficient (Wildman–Crippen LogP) is 3.30. The number of aromatic nitrogens is 1. The standard InChI is InChI=1S/C16H14BrN3O4S2/c1-9-14(17)16(24-20-9)19-13(21)8-10-4-2-3-5-11(10)15-12(6-7-25-15)26(18,22)23/h2-7H,8H2,1H3,(H,19,21)(H2,18,22,23). The molecule has 7 nitrogen and oxygen atoms in total. The summed E-state index contributed by atoms with van der Waals surface area (Å²) in [5.41, 5.74) is 1.94. The van der Waals surface area contributed by atoms with E-state index in [-0.39, 0.29) is 23.1 Å². The van der Waals surface area contributed by atoms with E-state index in [1.165, 1.54) is 17.4 Å². The van der Waals surface area contributed by atoms with Gasteiger partial charge in [0.15, 0.2) is 0 Å². The molecule has 0 aliphatic rings. The number of amides is 1. The average Bonchev–Trinajstić information content (AvgIpc) is 3.18. The molecule has 0 radical (unpaired) electrons. The summed E-state index contributed by atoms with van der Waals surface area (Å²) in [6.07, 6.45) is 0.0321. The van der Waals surface area contributed by atoms with Gasteiger partial charge in [-0.25, -0.2) is 13.6 Å². The van der Waals surface area contributed by atoms with Gasteiger partial charge in [0.1, 0.15) is 9.37 Å². The number of anilines is 1. The normalized spacial score (nSPS) is 11.5. The van der Waals surface area contributed by atoms with Gasteiger partial charge in [-0.15, -0.1) is 11.3 Å². The number of rotatable bonds is 5. The van der Waals surface area contributed by atoms with Gasteiger partial charge in [-0.3, -0.25) is 10.1 Å². The van der Waals surface area contributed by atoms with Crippen molar-refractivity contribution in [3.8, 4) is 10.4 Å². The first kappa shape index (κ1) is 18.8. The van der Waals surface area contributed by atoms with Crippen LogP contribution in [0, 0.1) is 6.92 Å². The van der Waals surface area contributed by atoms with Gasteiger partial charge >= 0.3 is 0 Å². The summed E-state index contributed by atoms with van der Waals surface area (Å²) < 4.78 is 29.2. The zero-order chi connectivity index (χ0) is 18.9. The molecule has 3 rings (SSSR count). The molecule has 0 saturated heterocycles. The minimum absolute atomic E-state index is 0.0321. The van der Waals surface area contributed by atoms with Crippen LogP contribution >= 0.6 is 27.3 Å². The van der Waals surface area contributed by atoms with Crippen molar-refractivity contribution in [3.63, 3.8) is 0 Å². The van der Waals surface area contributed by atoms with Gasteiger partial charge in [0.25, 0.3) is 0 Å². The van der Waals surface area contributed by atoms with Crippen LogP contribution < -0.4 is 10.5 Å². The third kappa shape index (κ3) is 3.88. The summed E-state index contributed by atoms with van der Waals surface area (Å²) in [6, 6.07) is 8.55. The van der Waals surface area contributed by atoms with Gasteiger partial charge in [0, 0.05) is 0 Å². The SMILES string of the molecule is Cc1noc(NC(=O)Cc2ccccc2-c2sccc2S(N)(=O)=O)c1Br. The summed E-state index contributed by atoms with van der Waals surface area (Å²) >= 11 is 4.55. The van der Waals surface area contributed by atoms with Crippen LogP contribution in [0.2, 0.25) is 0 Å². The number of hydrogen-bond donors (Lipinski definition) is 2. The number of thiophene rings is 1. The number of nitrogens with one attached hydrogen (secondary N) is 1. The number of nitrogens with zero attached hydrogens (tertiary/aromatic N) is 1. The smallest absolute Gasteiger partial charge is 0.245 e. The lowest BCUT2D eigenvalue weighted by atomic mass is 10.0. The molecule has 0 unspecified atom stereocenters.